The fourth-order valence-electron chi connectivity index (χ4n) is 1.79. The molecule has 1 aromatic carbocycles. The van der Waals surface area contributed by atoms with Crippen LogP contribution in [-0.2, 0) is 16.1 Å². The van der Waals surface area contributed by atoms with Gasteiger partial charge in [-0.2, -0.15) is 0 Å². The van der Waals surface area contributed by atoms with Crippen LogP contribution in [0.3, 0.4) is 0 Å². The number of carbonyl (C=O) groups is 1. The zero-order valence-corrected chi connectivity index (χ0v) is 12.4. The first kappa shape index (κ1) is 14.9. The van der Waals surface area contributed by atoms with Gasteiger partial charge in [0, 0.05) is 34.4 Å². The van der Waals surface area contributed by atoms with Crippen LogP contribution in [0.15, 0.2) is 36.9 Å². The van der Waals surface area contributed by atoms with E-state index in [4.69, 9.17) is 27.9 Å². The van der Waals surface area contributed by atoms with Gasteiger partial charge in [0.2, 0.25) is 0 Å². The van der Waals surface area contributed by atoms with Gasteiger partial charge in [-0.1, -0.05) is 36.2 Å². The smallest absolute Gasteiger partial charge is 0.306 e. The molecule has 0 saturated heterocycles. The van der Waals surface area contributed by atoms with Gasteiger partial charge in [0.05, 0.1) is 12.9 Å². The molecule has 2 aromatic rings. The largest absolute Gasteiger partial charge is 0.456 e. The Morgan fingerprint density at radius 2 is 2.25 bits per heavy atom. The molecule has 0 aliphatic heterocycles. The molecule has 2 rings (SSSR count). The molecule has 20 heavy (non-hydrogen) atoms. The Labute approximate surface area is 127 Å². The van der Waals surface area contributed by atoms with Gasteiger partial charge in [-0.15, -0.1) is 0 Å². The monoisotopic (exact) mass is 312 g/mol. The topological polar surface area (TPSA) is 44.1 Å². The van der Waals surface area contributed by atoms with Crippen LogP contribution >= 0.6 is 23.2 Å². The van der Waals surface area contributed by atoms with Gasteiger partial charge in [-0.05, 0) is 12.1 Å². The number of imidazole rings is 1. The molecule has 0 aliphatic rings. The molecule has 0 radical (unpaired) electrons. The Morgan fingerprint density at radius 3 is 2.85 bits per heavy atom. The highest BCUT2D eigenvalue weighted by molar-refractivity contribution is 6.35. The summed E-state index contributed by atoms with van der Waals surface area (Å²) >= 11 is 12.1. The number of hydrogen-bond acceptors (Lipinski definition) is 3. The Bertz CT molecular complexity index is 585. The van der Waals surface area contributed by atoms with Crippen molar-refractivity contribution in [3.63, 3.8) is 0 Å². The molecule has 0 fully saturated rings. The van der Waals surface area contributed by atoms with Crippen LogP contribution in [0.4, 0.5) is 0 Å². The Hall–Kier alpha value is -1.52. The molecule has 6 heteroatoms. The first-order valence-electron chi connectivity index (χ1n) is 6.20. The minimum atomic E-state index is -0.471. The normalized spacial score (nSPS) is 12.2. The molecule has 0 amide bonds. The lowest BCUT2D eigenvalue weighted by molar-refractivity contribution is -0.149. The fraction of sp³-hybridized carbons (Fsp3) is 0.286. The number of benzene rings is 1. The van der Waals surface area contributed by atoms with Gasteiger partial charge in [0.25, 0.3) is 0 Å². The van der Waals surface area contributed by atoms with E-state index in [0.29, 0.717) is 23.0 Å². The number of aromatic nitrogens is 2. The average Bonchev–Trinajstić information content (AvgIpc) is 2.91. The molecule has 4 nitrogen and oxygen atoms in total. The quantitative estimate of drug-likeness (QED) is 0.787. The summed E-state index contributed by atoms with van der Waals surface area (Å²) in [5.74, 6) is -0.277. The first-order chi connectivity index (χ1) is 9.60. The molecule has 0 aliphatic carbocycles. The summed E-state index contributed by atoms with van der Waals surface area (Å²) in [5.41, 5.74) is 0.728. The van der Waals surface area contributed by atoms with Crippen LogP contribution in [0.25, 0.3) is 0 Å². The van der Waals surface area contributed by atoms with E-state index in [9.17, 15) is 4.79 Å². The van der Waals surface area contributed by atoms with Crippen LogP contribution in [-0.4, -0.2) is 15.5 Å². The fourth-order valence-corrected chi connectivity index (χ4v) is 2.32. The number of ether oxygens (including phenoxy) is 1. The number of hydrogen-bond donors (Lipinski definition) is 0. The minimum absolute atomic E-state index is 0.277. The summed E-state index contributed by atoms with van der Waals surface area (Å²) in [6.45, 7) is 2.20. The lowest BCUT2D eigenvalue weighted by atomic mass is 10.1. The second kappa shape index (κ2) is 6.77. The maximum absolute atomic E-state index is 11.6. The molecule has 1 atom stereocenters. The van der Waals surface area contributed by atoms with Crippen molar-refractivity contribution in [2.75, 3.05) is 0 Å². The third-order valence-electron chi connectivity index (χ3n) is 2.81. The van der Waals surface area contributed by atoms with E-state index in [0.717, 1.165) is 5.56 Å². The summed E-state index contributed by atoms with van der Waals surface area (Å²) in [5, 5.41) is 1.02. The van der Waals surface area contributed by atoms with Crippen LogP contribution in [0.1, 0.15) is 25.0 Å². The standard InChI is InChI=1S/C14H14Cl2N2O2/c1-2-14(19)20-13(8-18-6-5-17-9-18)11-4-3-10(15)7-12(11)16/h3-7,9,13H,2,8H2,1H3. The zero-order chi connectivity index (χ0) is 14.5. The highest BCUT2D eigenvalue weighted by Gasteiger charge is 2.19. The molecule has 0 spiro atoms. The van der Waals surface area contributed by atoms with E-state index in [-0.39, 0.29) is 5.97 Å². The molecular weight excluding hydrogens is 299 g/mol. The predicted octanol–water partition coefficient (Wildman–Crippen LogP) is 3.88. The van der Waals surface area contributed by atoms with Gasteiger partial charge >= 0.3 is 5.97 Å². The van der Waals surface area contributed by atoms with Crippen LogP contribution < -0.4 is 0 Å². The third kappa shape index (κ3) is 3.74. The SMILES string of the molecule is CCC(=O)OC(Cn1ccnc1)c1ccc(Cl)cc1Cl. The number of nitrogens with zero attached hydrogens (tertiary/aromatic N) is 2. The molecule has 1 unspecified atom stereocenters. The zero-order valence-electron chi connectivity index (χ0n) is 10.9. The van der Waals surface area contributed by atoms with Crippen molar-refractivity contribution in [1.29, 1.82) is 0 Å². The molecule has 1 aromatic heterocycles. The predicted molar refractivity (Wildman–Crippen MR) is 77.8 cm³/mol. The summed E-state index contributed by atoms with van der Waals surface area (Å²) < 4.78 is 7.30. The van der Waals surface area contributed by atoms with Crippen molar-refractivity contribution in [3.05, 3.63) is 52.5 Å². The summed E-state index contributed by atoms with van der Waals surface area (Å²) in [6, 6.07) is 5.14. The van der Waals surface area contributed by atoms with Crippen molar-refractivity contribution in [3.8, 4) is 0 Å². The molecule has 1 heterocycles. The van der Waals surface area contributed by atoms with E-state index >= 15 is 0 Å². The third-order valence-corrected chi connectivity index (χ3v) is 3.37. The molecule has 0 bridgehead atoms. The Morgan fingerprint density at radius 1 is 1.45 bits per heavy atom. The van der Waals surface area contributed by atoms with Gasteiger partial charge < -0.3 is 9.30 Å². The van der Waals surface area contributed by atoms with Crippen molar-refractivity contribution in [1.82, 2.24) is 9.55 Å². The van der Waals surface area contributed by atoms with Crippen LogP contribution in [0.2, 0.25) is 10.0 Å². The summed E-state index contributed by atoms with van der Waals surface area (Å²) in [4.78, 5) is 15.6. The molecule has 106 valence electrons. The van der Waals surface area contributed by atoms with Gasteiger partial charge in [0.15, 0.2) is 0 Å². The molecule has 0 N–H and O–H groups in total. The van der Waals surface area contributed by atoms with Crippen molar-refractivity contribution in [2.24, 2.45) is 0 Å². The highest BCUT2D eigenvalue weighted by Crippen LogP contribution is 2.29. The molecule has 0 saturated carbocycles. The average molecular weight is 313 g/mol. The van der Waals surface area contributed by atoms with Gasteiger partial charge in [0.1, 0.15) is 6.10 Å². The number of carbonyl (C=O) groups excluding carboxylic acids is 1. The lowest BCUT2D eigenvalue weighted by Gasteiger charge is -2.19. The Kier molecular flexibility index (Phi) is 5.04. The van der Waals surface area contributed by atoms with Crippen molar-refractivity contribution in [2.45, 2.75) is 26.0 Å². The second-order valence-electron chi connectivity index (χ2n) is 4.26. The number of esters is 1. The number of halogens is 2. The van der Waals surface area contributed by atoms with E-state index in [1.54, 1.807) is 43.8 Å². The van der Waals surface area contributed by atoms with Crippen molar-refractivity contribution >= 4 is 29.2 Å². The minimum Gasteiger partial charge on any atom is -0.456 e. The van der Waals surface area contributed by atoms with Gasteiger partial charge in [-0.25, -0.2) is 4.98 Å². The van der Waals surface area contributed by atoms with E-state index in [1.165, 1.54) is 0 Å². The summed E-state index contributed by atoms with van der Waals surface area (Å²) in [7, 11) is 0. The van der Waals surface area contributed by atoms with Crippen molar-refractivity contribution < 1.29 is 9.53 Å². The maximum Gasteiger partial charge on any atom is 0.306 e. The summed E-state index contributed by atoms with van der Waals surface area (Å²) in [6.07, 6.45) is 4.97. The van der Waals surface area contributed by atoms with E-state index in [1.807, 2.05) is 4.57 Å². The first-order valence-corrected chi connectivity index (χ1v) is 6.96. The molecular formula is C14H14Cl2N2O2. The second-order valence-corrected chi connectivity index (χ2v) is 5.10. The van der Waals surface area contributed by atoms with Crippen LogP contribution in [0.5, 0.6) is 0 Å². The van der Waals surface area contributed by atoms with Crippen LogP contribution in [0, 0.1) is 0 Å². The van der Waals surface area contributed by atoms with E-state index in [2.05, 4.69) is 4.98 Å². The van der Waals surface area contributed by atoms with E-state index < -0.39 is 6.10 Å². The lowest BCUT2D eigenvalue weighted by Crippen LogP contribution is -2.16. The maximum atomic E-state index is 11.6. The van der Waals surface area contributed by atoms with Gasteiger partial charge in [-0.3, -0.25) is 4.79 Å². The highest BCUT2D eigenvalue weighted by atomic mass is 35.5. The Balaban J connectivity index is 2.27. The number of rotatable bonds is 5.